The predicted molar refractivity (Wildman–Crippen MR) is 112 cm³/mol. The molecule has 1 fully saturated rings. The fourth-order valence-electron chi connectivity index (χ4n) is 3.89. The van der Waals surface area contributed by atoms with Crippen molar-refractivity contribution in [2.24, 2.45) is 5.16 Å². The lowest BCUT2D eigenvalue weighted by Crippen LogP contribution is -2.67. The lowest BCUT2D eigenvalue weighted by atomic mass is 10.1. The van der Waals surface area contributed by atoms with E-state index in [0.29, 0.717) is 18.9 Å². The first-order valence-corrected chi connectivity index (χ1v) is 11.4. The van der Waals surface area contributed by atoms with Crippen LogP contribution in [0, 0.1) is 0 Å². The Hall–Kier alpha value is -1.95. The molecular formula is C22H29NO3Si. The third-order valence-corrected chi connectivity index (χ3v) is 10.3. The van der Waals surface area contributed by atoms with Crippen molar-refractivity contribution in [2.75, 3.05) is 13.2 Å². The van der Waals surface area contributed by atoms with Gasteiger partial charge in [0.15, 0.2) is 0 Å². The predicted octanol–water partition coefficient (Wildman–Crippen LogP) is 3.57. The number of rotatable bonds is 5. The first kappa shape index (κ1) is 19.8. The van der Waals surface area contributed by atoms with E-state index in [1.54, 1.807) is 0 Å². The van der Waals surface area contributed by atoms with Crippen molar-refractivity contribution < 1.29 is 14.4 Å². The Morgan fingerprint density at radius 2 is 1.59 bits per heavy atom. The zero-order valence-corrected chi connectivity index (χ0v) is 17.4. The van der Waals surface area contributed by atoms with Crippen molar-refractivity contribution >= 4 is 24.4 Å². The van der Waals surface area contributed by atoms with Crippen LogP contribution in [0.3, 0.4) is 0 Å². The first-order valence-electron chi connectivity index (χ1n) is 9.54. The second-order valence-electron chi connectivity index (χ2n) is 8.11. The molecule has 1 aliphatic rings. The lowest BCUT2D eigenvalue weighted by Gasteiger charge is -2.44. The third-order valence-electron chi connectivity index (χ3n) is 5.28. The van der Waals surface area contributed by atoms with Gasteiger partial charge in [-0.15, -0.1) is 0 Å². The Morgan fingerprint density at radius 1 is 1.04 bits per heavy atom. The first-order chi connectivity index (χ1) is 13.0. The molecule has 27 heavy (non-hydrogen) atoms. The number of benzene rings is 2. The molecule has 0 aromatic heterocycles. The molecular weight excluding hydrogens is 354 g/mol. The summed E-state index contributed by atoms with van der Waals surface area (Å²) in [6, 6.07) is 21.3. The number of ether oxygens (including phenoxy) is 1. The molecule has 1 aliphatic heterocycles. The molecule has 2 aromatic carbocycles. The average Bonchev–Trinajstić information content (AvgIpc) is 2.69. The molecule has 0 aliphatic carbocycles. The molecule has 0 saturated carbocycles. The van der Waals surface area contributed by atoms with Crippen molar-refractivity contribution in [3.05, 3.63) is 60.7 Å². The Morgan fingerprint density at radius 3 is 2.00 bits per heavy atom. The number of hydrogen-bond acceptors (Lipinski definition) is 4. The van der Waals surface area contributed by atoms with Gasteiger partial charge in [0.25, 0.3) is 8.32 Å². The van der Waals surface area contributed by atoms with Gasteiger partial charge in [-0.3, -0.25) is 0 Å². The van der Waals surface area contributed by atoms with Crippen LogP contribution < -0.4 is 10.4 Å². The summed E-state index contributed by atoms with van der Waals surface area (Å²) in [6.45, 7) is 7.75. The molecule has 1 unspecified atom stereocenters. The summed E-state index contributed by atoms with van der Waals surface area (Å²) in [4.78, 5) is 0. The quantitative estimate of drug-likeness (QED) is 0.488. The van der Waals surface area contributed by atoms with E-state index in [9.17, 15) is 0 Å². The van der Waals surface area contributed by atoms with Crippen LogP contribution in [0.4, 0.5) is 0 Å². The number of oxime groups is 1. The molecule has 1 N–H and O–H groups in total. The lowest BCUT2D eigenvalue weighted by molar-refractivity contribution is 0.0222. The van der Waals surface area contributed by atoms with E-state index in [1.807, 2.05) is 0 Å². The van der Waals surface area contributed by atoms with Crippen LogP contribution >= 0.6 is 0 Å². The fraction of sp³-hybridized carbons (Fsp3) is 0.409. The zero-order valence-electron chi connectivity index (χ0n) is 16.4. The molecule has 5 heteroatoms. The molecule has 0 bridgehead atoms. The summed E-state index contributed by atoms with van der Waals surface area (Å²) >= 11 is 0. The van der Waals surface area contributed by atoms with Gasteiger partial charge in [-0.1, -0.05) is 86.6 Å². The second kappa shape index (κ2) is 8.38. The van der Waals surface area contributed by atoms with Gasteiger partial charge in [-0.25, -0.2) is 0 Å². The van der Waals surface area contributed by atoms with Crippen molar-refractivity contribution in [3.63, 3.8) is 0 Å². The van der Waals surface area contributed by atoms with Crippen LogP contribution in [0.25, 0.3) is 0 Å². The van der Waals surface area contributed by atoms with Crippen LogP contribution in [0.15, 0.2) is 65.8 Å². The van der Waals surface area contributed by atoms with Crippen LogP contribution in [0.5, 0.6) is 0 Å². The Labute approximate surface area is 163 Å². The molecule has 0 amide bonds. The highest BCUT2D eigenvalue weighted by atomic mass is 28.4. The van der Waals surface area contributed by atoms with Gasteiger partial charge in [0.1, 0.15) is 0 Å². The Balaban J connectivity index is 1.95. The highest BCUT2D eigenvalue weighted by molar-refractivity contribution is 6.99. The molecule has 3 rings (SSSR count). The van der Waals surface area contributed by atoms with E-state index in [0.717, 1.165) is 12.8 Å². The molecule has 2 aromatic rings. The van der Waals surface area contributed by atoms with Crippen molar-refractivity contribution in [1.82, 2.24) is 0 Å². The molecule has 1 atom stereocenters. The van der Waals surface area contributed by atoms with Crippen molar-refractivity contribution in [1.29, 1.82) is 0 Å². The minimum absolute atomic E-state index is 0.0251. The summed E-state index contributed by atoms with van der Waals surface area (Å²) in [5.41, 5.74) is 0.705. The van der Waals surface area contributed by atoms with E-state index in [1.165, 1.54) is 10.4 Å². The largest absolute Gasteiger partial charge is 0.411 e. The average molecular weight is 384 g/mol. The van der Waals surface area contributed by atoms with E-state index in [2.05, 4.69) is 86.6 Å². The SMILES string of the molecule is CC(C)(C)[Si](OCC1CC/C(=N\O)CO1)(c1ccccc1)c1ccccc1. The summed E-state index contributed by atoms with van der Waals surface area (Å²) in [5, 5.41) is 14.7. The second-order valence-corrected chi connectivity index (χ2v) is 12.4. The summed E-state index contributed by atoms with van der Waals surface area (Å²) in [7, 11) is -2.52. The van der Waals surface area contributed by atoms with Gasteiger partial charge in [0.2, 0.25) is 0 Å². The van der Waals surface area contributed by atoms with Crippen LogP contribution in [0.1, 0.15) is 33.6 Å². The highest BCUT2D eigenvalue weighted by Gasteiger charge is 2.50. The Kier molecular flexibility index (Phi) is 6.14. The van der Waals surface area contributed by atoms with Gasteiger partial charge >= 0.3 is 0 Å². The highest BCUT2D eigenvalue weighted by Crippen LogP contribution is 2.37. The maximum atomic E-state index is 8.92. The standard InChI is InChI=1S/C22H29NO3Si/c1-22(2,3)27(20-10-6-4-7-11-20,21-12-8-5-9-13-21)26-17-19-15-14-18(23-24)16-25-19/h4-13,19,24H,14-17H2,1-3H3/b23-18+. The van der Waals surface area contributed by atoms with Crippen molar-refractivity contribution in [2.45, 2.75) is 44.8 Å². The smallest absolute Gasteiger partial charge is 0.261 e. The minimum Gasteiger partial charge on any atom is -0.411 e. The summed E-state index contributed by atoms with van der Waals surface area (Å²) in [6.07, 6.45) is 1.60. The molecule has 144 valence electrons. The van der Waals surface area contributed by atoms with Crippen LogP contribution in [-0.2, 0) is 9.16 Å². The Bertz CT molecular complexity index is 707. The van der Waals surface area contributed by atoms with Crippen molar-refractivity contribution in [3.8, 4) is 0 Å². The maximum Gasteiger partial charge on any atom is 0.261 e. The van der Waals surface area contributed by atoms with E-state index < -0.39 is 8.32 Å². The number of nitrogens with zero attached hydrogens (tertiary/aromatic N) is 1. The van der Waals surface area contributed by atoms with Gasteiger partial charge in [-0.2, -0.15) is 0 Å². The summed E-state index contributed by atoms with van der Waals surface area (Å²) < 4.78 is 12.8. The maximum absolute atomic E-state index is 8.92. The molecule has 1 heterocycles. The van der Waals surface area contributed by atoms with Gasteiger partial charge < -0.3 is 14.4 Å². The molecule has 4 nitrogen and oxygen atoms in total. The van der Waals surface area contributed by atoms with Crippen LogP contribution in [-0.4, -0.2) is 38.6 Å². The van der Waals surface area contributed by atoms with E-state index in [-0.39, 0.29) is 11.1 Å². The fourth-order valence-corrected chi connectivity index (χ4v) is 8.48. The van der Waals surface area contributed by atoms with Crippen LogP contribution in [0.2, 0.25) is 5.04 Å². The summed E-state index contributed by atoms with van der Waals surface area (Å²) in [5.74, 6) is 0. The normalized spacial score (nSPS) is 20.0. The monoisotopic (exact) mass is 383 g/mol. The zero-order chi connectivity index (χ0) is 19.3. The van der Waals surface area contributed by atoms with Gasteiger partial charge in [0, 0.05) is 0 Å². The molecule has 0 spiro atoms. The minimum atomic E-state index is -2.52. The number of hydrogen-bond donors (Lipinski definition) is 1. The van der Waals surface area contributed by atoms with E-state index in [4.69, 9.17) is 14.4 Å². The molecule has 1 saturated heterocycles. The van der Waals surface area contributed by atoms with Gasteiger partial charge in [0.05, 0.1) is 25.0 Å². The molecule has 0 radical (unpaired) electrons. The third kappa shape index (κ3) is 4.15. The van der Waals surface area contributed by atoms with E-state index >= 15 is 0 Å². The van der Waals surface area contributed by atoms with Gasteiger partial charge in [-0.05, 0) is 28.3 Å². The topological polar surface area (TPSA) is 51.0 Å².